The number of piperazine rings is 1. The summed E-state index contributed by atoms with van der Waals surface area (Å²) < 4.78 is 22.0. The predicted molar refractivity (Wildman–Crippen MR) is 127 cm³/mol. The summed E-state index contributed by atoms with van der Waals surface area (Å²) in [5.74, 6) is 2.73. The van der Waals surface area contributed by atoms with E-state index < -0.39 is 0 Å². The van der Waals surface area contributed by atoms with Crippen LogP contribution >= 0.6 is 0 Å². The van der Waals surface area contributed by atoms with Gasteiger partial charge in [-0.2, -0.15) is 0 Å². The normalized spacial score (nSPS) is 14.4. The Morgan fingerprint density at radius 1 is 0.939 bits per heavy atom. The number of hydrogen-bond acceptors (Lipinski definition) is 6. The van der Waals surface area contributed by atoms with Gasteiger partial charge in [-0.15, -0.1) is 0 Å². The number of carbonyl (C=O) groups is 1. The Balaban J connectivity index is 1.41. The van der Waals surface area contributed by atoms with Gasteiger partial charge in [0, 0.05) is 55.3 Å². The van der Waals surface area contributed by atoms with E-state index in [1.54, 1.807) is 21.3 Å². The van der Waals surface area contributed by atoms with E-state index >= 15 is 0 Å². The Hall–Kier alpha value is -3.39. The summed E-state index contributed by atoms with van der Waals surface area (Å²) in [5.41, 5.74) is 2.53. The Morgan fingerprint density at radius 2 is 1.70 bits per heavy atom. The van der Waals surface area contributed by atoms with Crippen molar-refractivity contribution in [3.8, 4) is 23.0 Å². The average molecular weight is 454 g/mol. The summed E-state index contributed by atoms with van der Waals surface area (Å²) in [6.45, 7) is 6.14. The van der Waals surface area contributed by atoms with Gasteiger partial charge in [0.2, 0.25) is 5.75 Å². The van der Waals surface area contributed by atoms with Crippen molar-refractivity contribution in [1.82, 2.24) is 14.8 Å². The second kappa shape index (κ2) is 10.0. The topological polar surface area (TPSA) is 76.3 Å². The van der Waals surface area contributed by atoms with E-state index in [2.05, 4.69) is 9.88 Å². The molecule has 1 aliphatic rings. The van der Waals surface area contributed by atoms with E-state index in [-0.39, 0.29) is 5.91 Å². The fourth-order valence-electron chi connectivity index (χ4n) is 4.29. The second-order valence-electron chi connectivity index (χ2n) is 7.93. The minimum atomic E-state index is 0.0208. The van der Waals surface area contributed by atoms with Crippen LogP contribution in [0.2, 0.25) is 0 Å². The smallest absolute Gasteiger partial charge is 0.270 e. The third kappa shape index (κ3) is 4.71. The molecular formula is C25H31N3O5. The molecule has 1 N–H and O–H groups in total. The maximum Gasteiger partial charge on any atom is 0.270 e. The molecule has 0 aliphatic carbocycles. The number of carbonyl (C=O) groups excluding carboxylic acids is 1. The Morgan fingerprint density at radius 3 is 2.36 bits per heavy atom. The molecule has 176 valence electrons. The molecule has 8 nitrogen and oxygen atoms in total. The molecule has 1 aliphatic heterocycles. The summed E-state index contributed by atoms with van der Waals surface area (Å²) >= 11 is 0. The van der Waals surface area contributed by atoms with Crippen LogP contribution in [0.4, 0.5) is 0 Å². The first-order chi connectivity index (χ1) is 16.1. The number of ether oxygens (including phenoxy) is 4. The van der Waals surface area contributed by atoms with E-state index in [0.717, 1.165) is 35.3 Å². The highest BCUT2D eigenvalue weighted by atomic mass is 16.5. The van der Waals surface area contributed by atoms with Crippen LogP contribution < -0.4 is 18.9 Å². The fraction of sp³-hybridized carbons (Fsp3) is 0.400. The molecular weight excluding hydrogens is 422 g/mol. The van der Waals surface area contributed by atoms with Crippen LogP contribution in [0.1, 0.15) is 23.0 Å². The van der Waals surface area contributed by atoms with Gasteiger partial charge in [-0.1, -0.05) is 6.07 Å². The maximum atomic E-state index is 13.1. The number of methoxy groups -OCH3 is 3. The van der Waals surface area contributed by atoms with Crippen molar-refractivity contribution in [3.63, 3.8) is 0 Å². The number of nitrogens with zero attached hydrogens (tertiary/aromatic N) is 2. The van der Waals surface area contributed by atoms with E-state index in [9.17, 15) is 4.79 Å². The van der Waals surface area contributed by atoms with Crippen molar-refractivity contribution >= 4 is 16.8 Å². The Kier molecular flexibility index (Phi) is 6.93. The van der Waals surface area contributed by atoms with E-state index in [4.69, 9.17) is 18.9 Å². The molecule has 1 saturated heterocycles. The molecule has 0 bridgehead atoms. The zero-order valence-electron chi connectivity index (χ0n) is 19.6. The summed E-state index contributed by atoms with van der Waals surface area (Å²) in [6.07, 6.45) is 0. The van der Waals surface area contributed by atoms with E-state index in [1.807, 2.05) is 48.2 Å². The largest absolute Gasteiger partial charge is 0.494 e. The number of amides is 1. The van der Waals surface area contributed by atoms with Crippen LogP contribution in [0.25, 0.3) is 10.9 Å². The van der Waals surface area contributed by atoms with Gasteiger partial charge in [0.05, 0.1) is 27.9 Å². The van der Waals surface area contributed by atoms with Gasteiger partial charge in [-0.05, 0) is 31.2 Å². The van der Waals surface area contributed by atoms with Gasteiger partial charge >= 0.3 is 0 Å². The van der Waals surface area contributed by atoms with Crippen LogP contribution in [0.15, 0.2) is 36.4 Å². The van der Waals surface area contributed by atoms with Crippen molar-refractivity contribution in [2.24, 2.45) is 0 Å². The van der Waals surface area contributed by atoms with E-state index in [0.29, 0.717) is 49.2 Å². The lowest BCUT2D eigenvalue weighted by molar-refractivity contribution is 0.0622. The molecule has 1 fully saturated rings. The molecule has 0 atom stereocenters. The summed E-state index contributed by atoms with van der Waals surface area (Å²) in [6, 6.07) is 11.6. The highest BCUT2D eigenvalue weighted by Gasteiger charge is 2.25. The average Bonchev–Trinajstić information content (AvgIpc) is 3.27. The molecule has 3 aromatic rings. The Bertz CT molecular complexity index is 1120. The van der Waals surface area contributed by atoms with Crippen LogP contribution in [0.3, 0.4) is 0 Å². The van der Waals surface area contributed by atoms with Crippen molar-refractivity contribution in [2.45, 2.75) is 13.5 Å². The summed E-state index contributed by atoms with van der Waals surface area (Å²) in [5, 5.41) is 1.00. The van der Waals surface area contributed by atoms with Crippen molar-refractivity contribution < 1.29 is 23.7 Å². The minimum Gasteiger partial charge on any atom is -0.494 e. The molecule has 8 heteroatoms. The number of fused-ring (bicyclic) bond motifs is 1. The number of rotatable bonds is 8. The molecule has 33 heavy (non-hydrogen) atoms. The number of hydrogen-bond donors (Lipinski definition) is 1. The molecule has 0 spiro atoms. The standard InChI is InChI=1S/C25H31N3O5/c1-5-33-19-8-6-17-14-21(26-20(17)15-19)25(29)28-12-10-27(11-13-28)16-18-7-9-22(30-2)24(32-4)23(18)31-3/h6-9,14-15,26H,5,10-13,16H2,1-4H3. The van der Waals surface area contributed by atoms with Crippen LogP contribution in [0, 0.1) is 0 Å². The lowest BCUT2D eigenvalue weighted by Gasteiger charge is -2.34. The minimum absolute atomic E-state index is 0.0208. The van der Waals surface area contributed by atoms with Gasteiger partial charge < -0.3 is 28.8 Å². The van der Waals surface area contributed by atoms with Gasteiger partial charge in [0.25, 0.3) is 5.91 Å². The Labute approximate surface area is 194 Å². The third-order valence-electron chi connectivity index (χ3n) is 5.97. The number of aromatic nitrogens is 1. The van der Waals surface area contributed by atoms with Gasteiger partial charge in [-0.3, -0.25) is 9.69 Å². The van der Waals surface area contributed by atoms with Gasteiger partial charge in [-0.25, -0.2) is 0 Å². The first-order valence-corrected chi connectivity index (χ1v) is 11.1. The second-order valence-corrected chi connectivity index (χ2v) is 7.93. The van der Waals surface area contributed by atoms with Gasteiger partial charge in [0.1, 0.15) is 11.4 Å². The lowest BCUT2D eigenvalue weighted by Crippen LogP contribution is -2.48. The molecule has 0 radical (unpaired) electrons. The molecule has 0 saturated carbocycles. The van der Waals surface area contributed by atoms with Gasteiger partial charge in [0.15, 0.2) is 11.5 Å². The number of H-pyrrole nitrogens is 1. The number of nitrogens with one attached hydrogen (secondary N) is 1. The summed E-state index contributed by atoms with van der Waals surface area (Å²) in [7, 11) is 4.85. The SMILES string of the molecule is CCOc1ccc2cc(C(=O)N3CCN(Cc4ccc(OC)c(OC)c4OC)CC3)[nH]c2c1. The fourth-order valence-corrected chi connectivity index (χ4v) is 4.29. The molecule has 0 unspecified atom stereocenters. The van der Waals surface area contributed by atoms with E-state index in [1.165, 1.54) is 0 Å². The molecule has 2 aromatic carbocycles. The number of benzene rings is 2. The first-order valence-electron chi connectivity index (χ1n) is 11.1. The van der Waals surface area contributed by atoms with Crippen LogP contribution in [-0.2, 0) is 6.54 Å². The predicted octanol–water partition coefficient (Wildman–Crippen LogP) is 3.55. The third-order valence-corrected chi connectivity index (χ3v) is 5.97. The first kappa shape index (κ1) is 22.8. The zero-order chi connectivity index (χ0) is 23.4. The molecule has 4 rings (SSSR count). The molecule has 1 amide bonds. The molecule has 1 aromatic heterocycles. The van der Waals surface area contributed by atoms with Crippen molar-refractivity contribution in [3.05, 3.63) is 47.7 Å². The number of aromatic amines is 1. The maximum absolute atomic E-state index is 13.1. The van der Waals surface area contributed by atoms with Crippen molar-refractivity contribution in [1.29, 1.82) is 0 Å². The highest BCUT2D eigenvalue weighted by molar-refractivity contribution is 5.98. The summed E-state index contributed by atoms with van der Waals surface area (Å²) in [4.78, 5) is 20.6. The highest BCUT2D eigenvalue weighted by Crippen LogP contribution is 2.40. The van der Waals surface area contributed by atoms with Crippen LogP contribution in [-0.4, -0.2) is 74.8 Å². The monoisotopic (exact) mass is 453 g/mol. The van der Waals surface area contributed by atoms with Crippen molar-refractivity contribution in [2.75, 3.05) is 54.1 Å². The zero-order valence-corrected chi connectivity index (χ0v) is 19.6. The molecule has 2 heterocycles. The lowest BCUT2D eigenvalue weighted by atomic mass is 10.1. The van der Waals surface area contributed by atoms with Crippen LogP contribution in [0.5, 0.6) is 23.0 Å². The quantitative estimate of drug-likeness (QED) is 0.562.